The highest BCUT2D eigenvalue weighted by molar-refractivity contribution is 7.19. The van der Waals surface area contributed by atoms with Crippen LogP contribution in [0.5, 0.6) is 0 Å². The van der Waals surface area contributed by atoms with E-state index in [2.05, 4.69) is 20.6 Å². The molecule has 0 bridgehead atoms. The standard InChI is InChI=1S/C18H14ClN5OS/c1-10-3-4-13(9-15(10)19)16(25)20-14-7-5-12(6-8-14)17-23-24-11(2)21-22-18(24)26-17/h3-9H,1-2H3,(H,20,25). The quantitative estimate of drug-likeness (QED) is 0.570. The smallest absolute Gasteiger partial charge is 0.255 e. The van der Waals surface area contributed by atoms with Gasteiger partial charge in [-0.3, -0.25) is 4.79 Å². The number of fused-ring (bicyclic) bond motifs is 1. The second kappa shape index (κ2) is 6.51. The van der Waals surface area contributed by atoms with Crippen molar-refractivity contribution in [2.75, 3.05) is 5.32 Å². The molecule has 0 saturated carbocycles. The van der Waals surface area contributed by atoms with Gasteiger partial charge >= 0.3 is 0 Å². The molecule has 1 N–H and O–H groups in total. The molecule has 0 radical (unpaired) electrons. The van der Waals surface area contributed by atoms with Gasteiger partial charge in [-0.1, -0.05) is 29.0 Å². The summed E-state index contributed by atoms with van der Waals surface area (Å²) in [6.07, 6.45) is 0. The molecule has 0 spiro atoms. The molecule has 0 aliphatic carbocycles. The van der Waals surface area contributed by atoms with Crippen molar-refractivity contribution in [1.82, 2.24) is 19.8 Å². The molecule has 0 aliphatic rings. The molecule has 26 heavy (non-hydrogen) atoms. The lowest BCUT2D eigenvalue weighted by Gasteiger charge is -2.07. The number of aryl methyl sites for hydroxylation is 2. The Morgan fingerprint density at radius 2 is 1.88 bits per heavy atom. The van der Waals surface area contributed by atoms with Crippen LogP contribution in [0, 0.1) is 13.8 Å². The highest BCUT2D eigenvalue weighted by atomic mass is 35.5. The third-order valence-corrected chi connectivity index (χ3v) is 5.33. The van der Waals surface area contributed by atoms with Crippen molar-refractivity contribution < 1.29 is 4.79 Å². The van der Waals surface area contributed by atoms with E-state index in [4.69, 9.17) is 11.6 Å². The zero-order valence-corrected chi connectivity index (χ0v) is 15.6. The average Bonchev–Trinajstić information content (AvgIpc) is 3.20. The summed E-state index contributed by atoms with van der Waals surface area (Å²) >= 11 is 7.55. The first-order valence-electron chi connectivity index (χ1n) is 7.88. The number of rotatable bonds is 3. The highest BCUT2D eigenvalue weighted by Gasteiger charge is 2.11. The topological polar surface area (TPSA) is 72.2 Å². The Morgan fingerprint density at radius 1 is 1.12 bits per heavy atom. The Labute approximate surface area is 158 Å². The van der Waals surface area contributed by atoms with Crippen molar-refractivity contribution in [2.45, 2.75) is 13.8 Å². The molecule has 8 heteroatoms. The zero-order chi connectivity index (χ0) is 18.3. The van der Waals surface area contributed by atoms with Crippen molar-refractivity contribution in [3.8, 4) is 10.6 Å². The van der Waals surface area contributed by atoms with E-state index in [-0.39, 0.29) is 5.91 Å². The molecular formula is C18H14ClN5OS. The van der Waals surface area contributed by atoms with E-state index >= 15 is 0 Å². The maximum Gasteiger partial charge on any atom is 0.255 e. The molecule has 1 amide bonds. The van der Waals surface area contributed by atoms with E-state index in [9.17, 15) is 4.79 Å². The number of nitrogens with one attached hydrogen (secondary N) is 1. The Morgan fingerprint density at radius 3 is 2.58 bits per heavy atom. The van der Waals surface area contributed by atoms with Gasteiger partial charge in [-0.25, -0.2) is 0 Å². The van der Waals surface area contributed by atoms with Gasteiger partial charge in [0.15, 0.2) is 5.82 Å². The van der Waals surface area contributed by atoms with E-state index in [0.717, 1.165) is 26.9 Å². The van der Waals surface area contributed by atoms with Crippen LogP contribution in [0.2, 0.25) is 5.02 Å². The summed E-state index contributed by atoms with van der Waals surface area (Å²) in [6.45, 7) is 3.76. The third kappa shape index (κ3) is 3.07. The van der Waals surface area contributed by atoms with Crippen LogP contribution in [-0.2, 0) is 0 Å². The Balaban J connectivity index is 1.53. The molecule has 0 aliphatic heterocycles. The number of aromatic nitrogens is 4. The molecule has 2 aromatic carbocycles. The summed E-state index contributed by atoms with van der Waals surface area (Å²) in [6, 6.07) is 12.8. The van der Waals surface area contributed by atoms with Gasteiger partial charge in [0, 0.05) is 21.8 Å². The summed E-state index contributed by atoms with van der Waals surface area (Å²) in [7, 11) is 0. The van der Waals surface area contributed by atoms with Crippen LogP contribution < -0.4 is 5.32 Å². The van der Waals surface area contributed by atoms with Gasteiger partial charge in [-0.15, -0.1) is 10.2 Å². The summed E-state index contributed by atoms with van der Waals surface area (Å²) in [5, 5.41) is 16.9. The van der Waals surface area contributed by atoms with Crippen molar-refractivity contribution in [3.05, 3.63) is 64.4 Å². The maximum absolute atomic E-state index is 12.4. The lowest BCUT2D eigenvalue weighted by Crippen LogP contribution is -2.11. The molecule has 2 heterocycles. The molecule has 6 nitrogen and oxygen atoms in total. The molecule has 0 unspecified atom stereocenters. The summed E-state index contributed by atoms with van der Waals surface area (Å²) < 4.78 is 1.72. The predicted molar refractivity (Wildman–Crippen MR) is 103 cm³/mol. The first-order chi connectivity index (χ1) is 12.5. The number of anilines is 1. The van der Waals surface area contributed by atoms with Crippen LogP contribution in [0.3, 0.4) is 0 Å². The normalized spacial score (nSPS) is 11.0. The number of amides is 1. The minimum Gasteiger partial charge on any atom is -0.322 e. The fraction of sp³-hybridized carbons (Fsp3) is 0.111. The second-order valence-corrected chi connectivity index (χ2v) is 7.21. The number of carbonyl (C=O) groups excluding carboxylic acids is 1. The van der Waals surface area contributed by atoms with Crippen molar-refractivity contribution in [2.24, 2.45) is 0 Å². The maximum atomic E-state index is 12.4. The van der Waals surface area contributed by atoms with Gasteiger partial charge in [0.1, 0.15) is 5.01 Å². The van der Waals surface area contributed by atoms with Crippen molar-refractivity contribution in [1.29, 1.82) is 0 Å². The summed E-state index contributed by atoms with van der Waals surface area (Å²) in [5.74, 6) is 0.553. The van der Waals surface area contributed by atoms with Gasteiger partial charge < -0.3 is 5.32 Å². The van der Waals surface area contributed by atoms with Gasteiger partial charge in [0.2, 0.25) is 4.96 Å². The van der Waals surface area contributed by atoms with E-state index in [1.54, 1.807) is 16.6 Å². The van der Waals surface area contributed by atoms with Gasteiger partial charge in [0.05, 0.1) is 0 Å². The van der Waals surface area contributed by atoms with E-state index in [1.807, 2.05) is 44.2 Å². The number of hydrogen-bond donors (Lipinski definition) is 1. The SMILES string of the molecule is Cc1ccc(C(=O)Nc2ccc(-c3nn4c(C)nnc4s3)cc2)cc1Cl. The molecule has 130 valence electrons. The Hall–Kier alpha value is -2.77. The molecule has 4 aromatic rings. The Kier molecular flexibility index (Phi) is 4.18. The summed E-state index contributed by atoms with van der Waals surface area (Å²) in [5.41, 5.74) is 3.12. The number of nitrogens with zero attached hydrogens (tertiary/aromatic N) is 4. The zero-order valence-electron chi connectivity index (χ0n) is 14.0. The predicted octanol–water partition coefficient (Wildman–Crippen LogP) is 4.38. The molecular weight excluding hydrogens is 370 g/mol. The first-order valence-corrected chi connectivity index (χ1v) is 9.07. The van der Waals surface area contributed by atoms with Crippen LogP contribution in [-0.4, -0.2) is 25.7 Å². The van der Waals surface area contributed by atoms with Gasteiger partial charge in [-0.05, 0) is 55.8 Å². The Bertz CT molecular complexity index is 1120. The minimum absolute atomic E-state index is 0.200. The minimum atomic E-state index is -0.200. The monoisotopic (exact) mass is 383 g/mol. The van der Waals surface area contributed by atoms with E-state index in [1.165, 1.54) is 11.3 Å². The van der Waals surface area contributed by atoms with Gasteiger partial charge in [0.25, 0.3) is 5.91 Å². The number of hydrogen-bond acceptors (Lipinski definition) is 5. The average molecular weight is 384 g/mol. The largest absolute Gasteiger partial charge is 0.322 e. The first kappa shape index (κ1) is 16.7. The number of carbonyl (C=O) groups is 1. The van der Waals surface area contributed by atoms with Crippen LogP contribution in [0.4, 0.5) is 5.69 Å². The molecule has 0 fully saturated rings. The second-order valence-electron chi connectivity index (χ2n) is 5.84. The van der Waals surface area contributed by atoms with Crippen LogP contribution in [0.1, 0.15) is 21.7 Å². The van der Waals surface area contributed by atoms with Crippen LogP contribution in [0.15, 0.2) is 42.5 Å². The third-order valence-electron chi connectivity index (χ3n) is 3.97. The van der Waals surface area contributed by atoms with E-state index < -0.39 is 0 Å². The van der Waals surface area contributed by atoms with Crippen LogP contribution in [0.25, 0.3) is 15.5 Å². The highest BCUT2D eigenvalue weighted by Crippen LogP contribution is 2.26. The molecule has 0 saturated heterocycles. The van der Waals surface area contributed by atoms with Gasteiger partial charge in [-0.2, -0.15) is 9.61 Å². The van der Waals surface area contributed by atoms with E-state index in [0.29, 0.717) is 16.3 Å². The fourth-order valence-electron chi connectivity index (χ4n) is 2.46. The number of halogens is 1. The molecule has 0 atom stereocenters. The van der Waals surface area contributed by atoms with Crippen LogP contribution >= 0.6 is 22.9 Å². The number of benzene rings is 2. The summed E-state index contributed by atoms with van der Waals surface area (Å²) in [4.78, 5) is 13.1. The van der Waals surface area contributed by atoms with Crippen molar-refractivity contribution in [3.63, 3.8) is 0 Å². The van der Waals surface area contributed by atoms with Crippen molar-refractivity contribution >= 4 is 39.5 Å². The lowest BCUT2D eigenvalue weighted by molar-refractivity contribution is 0.102. The fourth-order valence-corrected chi connectivity index (χ4v) is 3.54. The lowest BCUT2D eigenvalue weighted by atomic mass is 10.1. The molecule has 2 aromatic heterocycles. The molecule has 4 rings (SSSR count).